The first kappa shape index (κ1) is 25.5. The Kier molecular flexibility index (Phi) is 16.3. The molecule has 4 nitrogen and oxygen atoms in total. The van der Waals surface area contributed by atoms with Gasteiger partial charge in [-0.25, -0.2) is 0 Å². The molecule has 2 N–H and O–H groups in total. The Bertz CT molecular complexity index is 307. The molecule has 0 fully saturated rings. The van der Waals surface area contributed by atoms with Crippen LogP contribution in [0, 0.1) is 0 Å². The highest BCUT2D eigenvalue weighted by Gasteiger charge is 2.15. The molecule has 0 aliphatic carbocycles. The van der Waals surface area contributed by atoms with E-state index in [4.69, 9.17) is 4.99 Å². The van der Waals surface area contributed by atoms with Crippen LogP contribution in [0.4, 0.5) is 0 Å². The van der Waals surface area contributed by atoms with Crippen LogP contribution in [0.2, 0.25) is 0 Å². The van der Waals surface area contributed by atoms with Gasteiger partial charge in [-0.1, -0.05) is 13.8 Å². The van der Waals surface area contributed by atoms with Crippen molar-refractivity contribution in [3.05, 3.63) is 0 Å². The molecule has 0 aromatic heterocycles. The van der Waals surface area contributed by atoms with Crippen molar-refractivity contribution in [2.45, 2.75) is 65.2 Å². The van der Waals surface area contributed by atoms with Crippen molar-refractivity contribution >= 4 is 41.7 Å². The normalized spacial score (nSPS) is 13.7. The lowest BCUT2D eigenvalue weighted by Crippen LogP contribution is -2.43. The highest BCUT2D eigenvalue weighted by Crippen LogP contribution is 2.20. The van der Waals surface area contributed by atoms with Gasteiger partial charge in [0.25, 0.3) is 0 Å². The Labute approximate surface area is 166 Å². The molecule has 0 rings (SSSR count). The first-order chi connectivity index (χ1) is 10.4. The van der Waals surface area contributed by atoms with Crippen LogP contribution in [0.1, 0.15) is 54.4 Å². The summed E-state index contributed by atoms with van der Waals surface area (Å²) in [4.78, 5) is 7.21. The van der Waals surface area contributed by atoms with Crippen LogP contribution in [-0.4, -0.2) is 60.6 Å². The van der Waals surface area contributed by atoms with Gasteiger partial charge in [0.05, 0.1) is 6.54 Å². The molecule has 0 aliphatic rings. The zero-order chi connectivity index (χ0) is 17.0. The summed E-state index contributed by atoms with van der Waals surface area (Å²) in [5.41, 5.74) is 0. The summed E-state index contributed by atoms with van der Waals surface area (Å²) in [5.74, 6) is 0.944. The van der Waals surface area contributed by atoms with E-state index in [9.17, 15) is 0 Å². The minimum absolute atomic E-state index is 0. The van der Waals surface area contributed by atoms with Gasteiger partial charge in [-0.05, 0) is 66.4 Å². The predicted octanol–water partition coefficient (Wildman–Crippen LogP) is 3.81. The van der Waals surface area contributed by atoms with E-state index in [1.165, 1.54) is 19.4 Å². The lowest BCUT2D eigenvalue weighted by Gasteiger charge is -2.23. The zero-order valence-electron chi connectivity index (χ0n) is 16.2. The monoisotopic (exact) mass is 458 g/mol. The summed E-state index contributed by atoms with van der Waals surface area (Å²) in [6.45, 7) is 18.5. The highest BCUT2D eigenvalue weighted by molar-refractivity contribution is 14.0. The number of nitrogens with zero attached hydrogens (tertiary/aromatic N) is 2. The lowest BCUT2D eigenvalue weighted by atomic mass is 10.2. The Morgan fingerprint density at radius 2 is 1.83 bits per heavy atom. The number of nitrogens with one attached hydrogen (secondary N) is 2. The average Bonchev–Trinajstić information content (AvgIpc) is 2.49. The van der Waals surface area contributed by atoms with Gasteiger partial charge in [0.1, 0.15) is 0 Å². The van der Waals surface area contributed by atoms with E-state index >= 15 is 0 Å². The standard InChI is InChI=1S/C17H38N4S.HI/c1-8-18-16(19-14-17(5,6)22-7)20-15(4)12-11-13-21(9-2)10-3;/h15H,8-14H2,1-7H3,(H2,18,19,20);1H. The van der Waals surface area contributed by atoms with Crippen molar-refractivity contribution in [3.63, 3.8) is 0 Å². The average molecular weight is 458 g/mol. The summed E-state index contributed by atoms with van der Waals surface area (Å²) in [6, 6.07) is 0.450. The van der Waals surface area contributed by atoms with Crippen LogP contribution in [0.3, 0.4) is 0 Å². The molecule has 23 heavy (non-hydrogen) atoms. The van der Waals surface area contributed by atoms with Crippen LogP contribution in [0.5, 0.6) is 0 Å². The molecule has 0 heterocycles. The van der Waals surface area contributed by atoms with Crippen LogP contribution in [0.15, 0.2) is 4.99 Å². The SMILES string of the molecule is CCNC(=NCC(C)(C)SC)NC(C)CCCN(CC)CC.I. The molecule has 0 saturated heterocycles. The summed E-state index contributed by atoms with van der Waals surface area (Å²) < 4.78 is 0.189. The van der Waals surface area contributed by atoms with Crippen molar-refractivity contribution in [2.75, 3.05) is 39.0 Å². The molecular formula is C17H39IN4S. The third-order valence-electron chi connectivity index (χ3n) is 3.90. The molecule has 0 bridgehead atoms. The number of halogens is 1. The van der Waals surface area contributed by atoms with Crippen molar-refractivity contribution in [2.24, 2.45) is 4.99 Å². The van der Waals surface area contributed by atoms with Crippen molar-refractivity contribution < 1.29 is 0 Å². The Balaban J connectivity index is 0. The molecule has 0 spiro atoms. The second-order valence-electron chi connectivity index (χ2n) is 6.37. The molecule has 6 heteroatoms. The molecule has 0 aliphatic heterocycles. The molecule has 0 aromatic rings. The van der Waals surface area contributed by atoms with Crippen molar-refractivity contribution in [1.82, 2.24) is 15.5 Å². The van der Waals surface area contributed by atoms with Crippen LogP contribution < -0.4 is 10.6 Å². The number of rotatable bonds is 11. The largest absolute Gasteiger partial charge is 0.357 e. The Morgan fingerprint density at radius 1 is 1.22 bits per heavy atom. The number of hydrogen-bond donors (Lipinski definition) is 2. The third-order valence-corrected chi connectivity index (χ3v) is 5.14. The summed E-state index contributed by atoms with van der Waals surface area (Å²) in [7, 11) is 0. The van der Waals surface area contributed by atoms with E-state index < -0.39 is 0 Å². The number of thioether (sulfide) groups is 1. The first-order valence-corrected chi connectivity index (χ1v) is 9.93. The zero-order valence-corrected chi connectivity index (χ0v) is 19.4. The molecule has 0 aromatic carbocycles. The van der Waals surface area contributed by atoms with Crippen LogP contribution in [-0.2, 0) is 0 Å². The van der Waals surface area contributed by atoms with Gasteiger partial charge < -0.3 is 15.5 Å². The maximum atomic E-state index is 4.73. The fourth-order valence-electron chi connectivity index (χ4n) is 2.12. The van der Waals surface area contributed by atoms with E-state index in [0.717, 1.165) is 32.1 Å². The van der Waals surface area contributed by atoms with Gasteiger partial charge in [0, 0.05) is 17.3 Å². The maximum Gasteiger partial charge on any atom is 0.191 e. The highest BCUT2D eigenvalue weighted by atomic mass is 127. The number of hydrogen-bond acceptors (Lipinski definition) is 3. The summed E-state index contributed by atoms with van der Waals surface area (Å²) in [6.07, 6.45) is 4.55. The van der Waals surface area contributed by atoms with Gasteiger partial charge in [-0.2, -0.15) is 11.8 Å². The van der Waals surface area contributed by atoms with Gasteiger partial charge in [0.2, 0.25) is 0 Å². The maximum absolute atomic E-state index is 4.73. The Morgan fingerprint density at radius 3 is 2.30 bits per heavy atom. The van der Waals surface area contributed by atoms with Gasteiger partial charge in [-0.15, -0.1) is 24.0 Å². The van der Waals surface area contributed by atoms with E-state index in [1.807, 2.05) is 11.8 Å². The van der Waals surface area contributed by atoms with Gasteiger partial charge in [0.15, 0.2) is 5.96 Å². The molecule has 1 unspecified atom stereocenters. The fourth-order valence-corrected chi connectivity index (χ4v) is 2.31. The van der Waals surface area contributed by atoms with E-state index in [1.54, 1.807) is 0 Å². The van der Waals surface area contributed by atoms with Crippen molar-refractivity contribution in [3.8, 4) is 0 Å². The van der Waals surface area contributed by atoms with Gasteiger partial charge >= 0.3 is 0 Å². The topological polar surface area (TPSA) is 39.7 Å². The molecule has 0 amide bonds. The minimum atomic E-state index is 0. The van der Waals surface area contributed by atoms with Crippen molar-refractivity contribution in [1.29, 1.82) is 0 Å². The lowest BCUT2D eigenvalue weighted by molar-refractivity contribution is 0.292. The van der Waals surface area contributed by atoms with E-state index in [0.29, 0.717) is 6.04 Å². The molecule has 140 valence electrons. The summed E-state index contributed by atoms with van der Waals surface area (Å²) in [5, 5.41) is 6.89. The fraction of sp³-hybridized carbons (Fsp3) is 0.941. The van der Waals surface area contributed by atoms with Crippen LogP contribution in [0.25, 0.3) is 0 Å². The quantitative estimate of drug-likeness (QED) is 0.281. The molecular weight excluding hydrogens is 419 g/mol. The second-order valence-corrected chi connectivity index (χ2v) is 7.89. The molecule has 0 saturated carbocycles. The number of aliphatic imine (C=N–C) groups is 1. The van der Waals surface area contributed by atoms with E-state index in [2.05, 4.69) is 63.3 Å². The predicted molar refractivity (Wildman–Crippen MR) is 119 cm³/mol. The molecule has 1 atom stereocenters. The van der Waals surface area contributed by atoms with E-state index in [-0.39, 0.29) is 28.7 Å². The summed E-state index contributed by atoms with van der Waals surface area (Å²) >= 11 is 1.86. The number of guanidine groups is 1. The van der Waals surface area contributed by atoms with Crippen LogP contribution >= 0.6 is 35.7 Å². The van der Waals surface area contributed by atoms with Gasteiger partial charge in [-0.3, -0.25) is 4.99 Å². The second kappa shape index (κ2) is 14.6. The third kappa shape index (κ3) is 13.3. The smallest absolute Gasteiger partial charge is 0.191 e. The molecule has 0 radical (unpaired) electrons. The Hall–Kier alpha value is 0.310. The minimum Gasteiger partial charge on any atom is -0.357 e. The first-order valence-electron chi connectivity index (χ1n) is 8.70.